The molecule has 0 aromatic carbocycles. The minimum atomic E-state index is -0.452. The average Bonchev–Trinajstić information content (AvgIpc) is 2.62. The average molecular weight is 415 g/mol. The van der Waals surface area contributed by atoms with Gasteiger partial charge in [-0.05, 0) is 50.6 Å². The topological polar surface area (TPSA) is 85.2 Å². The molecule has 2 aromatic rings. The van der Waals surface area contributed by atoms with Crippen LogP contribution in [-0.2, 0) is 0 Å². The van der Waals surface area contributed by atoms with Crippen molar-refractivity contribution in [2.24, 2.45) is 0 Å². The highest BCUT2D eigenvalue weighted by Gasteiger charge is 2.21. The largest absolute Gasteiger partial charge is 0.497 e. The van der Waals surface area contributed by atoms with Crippen molar-refractivity contribution in [3.63, 3.8) is 0 Å². The van der Waals surface area contributed by atoms with E-state index in [4.69, 9.17) is 4.74 Å². The maximum Gasteiger partial charge on any atom is 0.263 e. The normalized spacial score (nSPS) is 13.9. The molecule has 1 aliphatic rings. The van der Waals surface area contributed by atoms with Gasteiger partial charge in [-0.2, -0.15) is 0 Å². The van der Waals surface area contributed by atoms with Gasteiger partial charge < -0.3 is 19.9 Å². The summed E-state index contributed by atoms with van der Waals surface area (Å²) in [5.41, 5.74) is 0.550. The second kappa shape index (κ2) is 10.3. The first-order chi connectivity index (χ1) is 12.1. The molecule has 0 bridgehead atoms. The number of nitrogens with one attached hydrogen (secondary N) is 2. The molecule has 27 heavy (non-hydrogen) atoms. The van der Waals surface area contributed by atoms with E-state index in [1.54, 1.807) is 43.1 Å². The van der Waals surface area contributed by atoms with E-state index in [2.05, 4.69) is 15.6 Å². The van der Waals surface area contributed by atoms with Gasteiger partial charge in [0.1, 0.15) is 17.1 Å². The van der Waals surface area contributed by atoms with Crippen LogP contribution in [0.5, 0.6) is 5.75 Å². The van der Waals surface area contributed by atoms with Gasteiger partial charge >= 0.3 is 0 Å². The van der Waals surface area contributed by atoms with Crippen molar-refractivity contribution in [3.05, 3.63) is 52.1 Å². The zero-order valence-corrected chi connectivity index (χ0v) is 16.9. The lowest BCUT2D eigenvalue weighted by atomic mass is 10.0. The van der Waals surface area contributed by atoms with Crippen LogP contribution in [0, 0.1) is 6.92 Å². The molecule has 0 saturated carbocycles. The van der Waals surface area contributed by atoms with Crippen LogP contribution in [0.1, 0.15) is 34.8 Å². The van der Waals surface area contributed by atoms with E-state index in [1.807, 2.05) is 6.07 Å². The van der Waals surface area contributed by atoms with Crippen molar-refractivity contribution in [3.8, 4) is 5.75 Å². The molecule has 3 rings (SSSR count). The number of anilines is 1. The summed E-state index contributed by atoms with van der Waals surface area (Å²) < 4.78 is 6.81. The number of pyridine rings is 2. The van der Waals surface area contributed by atoms with Crippen molar-refractivity contribution in [1.82, 2.24) is 14.9 Å². The second-order valence-corrected chi connectivity index (χ2v) is 6.10. The molecule has 1 amide bonds. The third-order valence-corrected chi connectivity index (χ3v) is 4.47. The molecule has 1 aliphatic heterocycles. The minimum Gasteiger partial charge on any atom is -0.497 e. The Labute approximate surface area is 170 Å². The summed E-state index contributed by atoms with van der Waals surface area (Å²) >= 11 is 0. The Bertz CT molecular complexity index is 836. The highest BCUT2D eigenvalue weighted by Crippen LogP contribution is 2.18. The lowest BCUT2D eigenvalue weighted by molar-refractivity contribution is 0.102. The number of hydrogen-bond donors (Lipinski definition) is 2. The van der Waals surface area contributed by atoms with E-state index in [0.29, 0.717) is 17.1 Å². The first-order valence-corrected chi connectivity index (χ1v) is 8.34. The predicted octanol–water partition coefficient (Wildman–Crippen LogP) is 2.58. The van der Waals surface area contributed by atoms with Gasteiger partial charge in [-0.3, -0.25) is 9.59 Å². The number of rotatable bonds is 4. The quantitative estimate of drug-likeness (QED) is 0.802. The number of ether oxygens (including phenoxy) is 1. The Morgan fingerprint density at radius 3 is 2.67 bits per heavy atom. The highest BCUT2D eigenvalue weighted by atomic mass is 35.5. The third kappa shape index (κ3) is 5.22. The number of piperidine rings is 1. The Hall–Kier alpha value is -2.09. The number of hydrogen-bond acceptors (Lipinski definition) is 5. The van der Waals surface area contributed by atoms with Gasteiger partial charge in [-0.15, -0.1) is 24.8 Å². The third-order valence-electron chi connectivity index (χ3n) is 4.47. The van der Waals surface area contributed by atoms with Crippen molar-refractivity contribution < 1.29 is 9.53 Å². The fourth-order valence-electron chi connectivity index (χ4n) is 3.07. The van der Waals surface area contributed by atoms with E-state index >= 15 is 0 Å². The summed E-state index contributed by atoms with van der Waals surface area (Å²) in [6.07, 6.45) is 5.08. The van der Waals surface area contributed by atoms with E-state index in [0.717, 1.165) is 25.9 Å². The molecular formula is C18H24Cl2N4O3. The van der Waals surface area contributed by atoms with Crippen LogP contribution in [0.3, 0.4) is 0 Å². The Balaban J connectivity index is 0.00000182. The first-order valence-electron chi connectivity index (χ1n) is 8.34. The molecule has 2 N–H and O–H groups in total. The Morgan fingerprint density at radius 1 is 1.30 bits per heavy atom. The Kier molecular flexibility index (Phi) is 8.75. The van der Waals surface area contributed by atoms with Gasteiger partial charge in [0.2, 0.25) is 0 Å². The molecule has 0 atom stereocenters. The first kappa shape index (κ1) is 23.0. The highest BCUT2D eigenvalue weighted by molar-refractivity contribution is 6.04. The van der Waals surface area contributed by atoms with Crippen molar-refractivity contribution >= 4 is 36.5 Å². The SMILES string of the molecule is COc1ccnc(NC(=O)c2c(C)ccn(C3CCNCC3)c2=O)c1.Cl.Cl. The number of aryl methyl sites for hydroxylation is 1. The monoisotopic (exact) mass is 414 g/mol. The van der Waals surface area contributed by atoms with Crippen LogP contribution < -0.4 is 20.9 Å². The summed E-state index contributed by atoms with van der Waals surface area (Å²) in [6, 6.07) is 5.24. The molecule has 7 nitrogen and oxygen atoms in total. The number of aromatic nitrogens is 2. The molecule has 0 aliphatic carbocycles. The molecule has 148 valence electrons. The van der Waals surface area contributed by atoms with Crippen LogP contribution in [0.25, 0.3) is 0 Å². The van der Waals surface area contributed by atoms with Gasteiger partial charge in [-0.25, -0.2) is 4.98 Å². The van der Waals surface area contributed by atoms with E-state index < -0.39 is 5.91 Å². The van der Waals surface area contributed by atoms with Crippen molar-refractivity contribution in [2.45, 2.75) is 25.8 Å². The lowest BCUT2D eigenvalue weighted by Crippen LogP contribution is -2.37. The molecular weight excluding hydrogens is 391 g/mol. The molecule has 3 heterocycles. The number of methoxy groups -OCH3 is 1. The summed E-state index contributed by atoms with van der Waals surface area (Å²) in [5, 5.41) is 5.97. The molecule has 9 heteroatoms. The van der Waals surface area contributed by atoms with Crippen LogP contribution in [0.4, 0.5) is 5.82 Å². The van der Waals surface area contributed by atoms with Gasteiger partial charge in [0.25, 0.3) is 11.5 Å². The Morgan fingerprint density at radius 2 is 2.00 bits per heavy atom. The van der Waals surface area contributed by atoms with Gasteiger partial charge in [0, 0.05) is 24.5 Å². The van der Waals surface area contributed by atoms with Gasteiger partial charge in [0.05, 0.1) is 7.11 Å². The summed E-state index contributed by atoms with van der Waals surface area (Å²) in [7, 11) is 1.54. The van der Waals surface area contributed by atoms with Gasteiger partial charge in [0.15, 0.2) is 0 Å². The van der Waals surface area contributed by atoms with Crippen LogP contribution in [0.2, 0.25) is 0 Å². The summed E-state index contributed by atoms with van der Waals surface area (Å²) in [4.78, 5) is 29.6. The number of carbonyl (C=O) groups is 1. The van der Waals surface area contributed by atoms with Gasteiger partial charge in [-0.1, -0.05) is 0 Å². The number of halogens is 2. The second-order valence-electron chi connectivity index (χ2n) is 6.10. The minimum absolute atomic E-state index is 0. The van der Waals surface area contributed by atoms with Crippen LogP contribution >= 0.6 is 24.8 Å². The lowest BCUT2D eigenvalue weighted by Gasteiger charge is -2.25. The number of nitrogens with zero attached hydrogens (tertiary/aromatic N) is 2. The predicted molar refractivity (Wildman–Crippen MR) is 110 cm³/mol. The number of carbonyl (C=O) groups excluding carboxylic acids is 1. The maximum atomic E-state index is 12.9. The van der Waals surface area contributed by atoms with Crippen molar-refractivity contribution in [2.75, 3.05) is 25.5 Å². The van der Waals surface area contributed by atoms with Crippen LogP contribution in [0.15, 0.2) is 35.4 Å². The molecule has 0 spiro atoms. The van der Waals surface area contributed by atoms with E-state index in [-0.39, 0.29) is 42.0 Å². The summed E-state index contributed by atoms with van der Waals surface area (Å²) in [5.74, 6) is 0.481. The maximum absolute atomic E-state index is 12.9. The summed E-state index contributed by atoms with van der Waals surface area (Å²) in [6.45, 7) is 3.52. The fraction of sp³-hybridized carbons (Fsp3) is 0.389. The zero-order chi connectivity index (χ0) is 17.8. The molecule has 2 aromatic heterocycles. The molecule has 1 fully saturated rings. The van der Waals surface area contributed by atoms with E-state index in [1.165, 1.54) is 0 Å². The molecule has 0 unspecified atom stereocenters. The molecule has 1 saturated heterocycles. The standard InChI is InChI=1S/C18H22N4O3.2ClH/c1-12-6-10-22(13-3-7-19-8-4-13)18(24)16(12)17(23)21-15-11-14(25-2)5-9-20-15;;/h5-6,9-11,13,19H,3-4,7-8H2,1-2H3,(H,20,21,23);2*1H. The smallest absolute Gasteiger partial charge is 0.263 e. The zero-order valence-electron chi connectivity index (χ0n) is 15.2. The van der Waals surface area contributed by atoms with E-state index in [9.17, 15) is 9.59 Å². The number of amides is 1. The van der Waals surface area contributed by atoms with Crippen LogP contribution in [-0.4, -0.2) is 35.7 Å². The fourth-order valence-corrected chi connectivity index (χ4v) is 3.07. The molecule has 0 radical (unpaired) electrons. The van der Waals surface area contributed by atoms with Crippen molar-refractivity contribution in [1.29, 1.82) is 0 Å².